The highest BCUT2D eigenvalue weighted by Crippen LogP contribution is 2.31. The first-order chi connectivity index (χ1) is 12.1. The van der Waals surface area contributed by atoms with E-state index in [0.717, 1.165) is 11.7 Å². The number of rotatable bonds is 6. The second kappa shape index (κ2) is 7.05. The fourth-order valence-corrected chi connectivity index (χ4v) is 2.70. The molecule has 5 nitrogen and oxygen atoms in total. The molecular formula is C20H16O5. The minimum atomic E-state index is -1.06. The SMILES string of the molecule is COc1ccc(C=O)cc1COc1c(C(=O)O)ccc2ccccc12. The normalized spacial score (nSPS) is 10.4. The van der Waals surface area contributed by atoms with Crippen molar-refractivity contribution < 1.29 is 24.2 Å². The summed E-state index contributed by atoms with van der Waals surface area (Å²) in [4.78, 5) is 22.5. The lowest BCUT2D eigenvalue weighted by atomic mass is 10.1. The van der Waals surface area contributed by atoms with Crippen LogP contribution in [0.2, 0.25) is 0 Å². The molecule has 0 saturated heterocycles. The van der Waals surface area contributed by atoms with Crippen LogP contribution >= 0.6 is 0 Å². The number of benzene rings is 3. The molecule has 0 atom stereocenters. The van der Waals surface area contributed by atoms with Crippen LogP contribution in [0, 0.1) is 0 Å². The van der Waals surface area contributed by atoms with Gasteiger partial charge in [0.1, 0.15) is 30.0 Å². The Balaban J connectivity index is 2.02. The maximum Gasteiger partial charge on any atom is 0.339 e. The molecule has 0 radical (unpaired) electrons. The molecule has 0 aliphatic carbocycles. The number of aldehydes is 1. The second-order valence-electron chi connectivity index (χ2n) is 5.45. The molecule has 0 amide bonds. The van der Waals surface area contributed by atoms with Gasteiger partial charge in [0.15, 0.2) is 0 Å². The van der Waals surface area contributed by atoms with Gasteiger partial charge in [-0.1, -0.05) is 30.3 Å². The average molecular weight is 336 g/mol. The first-order valence-corrected chi connectivity index (χ1v) is 7.64. The largest absolute Gasteiger partial charge is 0.496 e. The highest BCUT2D eigenvalue weighted by Gasteiger charge is 2.16. The number of methoxy groups -OCH3 is 1. The van der Waals surface area contributed by atoms with Gasteiger partial charge < -0.3 is 14.6 Å². The summed E-state index contributed by atoms with van der Waals surface area (Å²) in [6.45, 7) is 0.0825. The number of carbonyl (C=O) groups is 2. The van der Waals surface area contributed by atoms with Crippen molar-refractivity contribution in [1.82, 2.24) is 0 Å². The van der Waals surface area contributed by atoms with E-state index in [2.05, 4.69) is 0 Å². The van der Waals surface area contributed by atoms with Crippen LogP contribution in [0.1, 0.15) is 26.3 Å². The topological polar surface area (TPSA) is 72.8 Å². The lowest BCUT2D eigenvalue weighted by Crippen LogP contribution is -2.05. The molecule has 0 saturated carbocycles. The maximum atomic E-state index is 11.5. The van der Waals surface area contributed by atoms with E-state index in [1.165, 1.54) is 13.2 Å². The van der Waals surface area contributed by atoms with E-state index in [4.69, 9.17) is 9.47 Å². The molecule has 3 aromatic rings. The summed E-state index contributed by atoms with van der Waals surface area (Å²) in [6.07, 6.45) is 0.740. The molecule has 126 valence electrons. The lowest BCUT2D eigenvalue weighted by Gasteiger charge is -2.14. The quantitative estimate of drug-likeness (QED) is 0.690. The van der Waals surface area contributed by atoms with Crippen LogP contribution in [-0.4, -0.2) is 24.5 Å². The number of hydrogen-bond acceptors (Lipinski definition) is 4. The fraction of sp³-hybridized carbons (Fsp3) is 0.100. The maximum absolute atomic E-state index is 11.5. The van der Waals surface area contributed by atoms with Gasteiger partial charge in [0.25, 0.3) is 0 Å². The van der Waals surface area contributed by atoms with Crippen molar-refractivity contribution in [3.05, 3.63) is 71.3 Å². The van der Waals surface area contributed by atoms with Crippen molar-refractivity contribution in [2.45, 2.75) is 6.61 Å². The zero-order valence-corrected chi connectivity index (χ0v) is 13.6. The van der Waals surface area contributed by atoms with Crippen LogP contribution < -0.4 is 9.47 Å². The van der Waals surface area contributed by atoms with E-state index in [1.807, 2.05) is 24.3 Å². The molecule has 25 heavy (non-hydrogen) atoms. The standard InChI is InChI=1S/C20H16O5/c1-24-18-9-6-13(11-21)10-15(18)12-25-19-16-5-3-2-4-14(16)7-8-17(19)20(22)23/h2-11H,12H2,1H3,(H,22,23). The lowest BCUT2D eigenvalue weighted by molar-refractivity contribution is 0.0692. The predicted octanol–water partition coefficient (Wildman–Crippen LogP) is 3.94. The minimum Gasteiger partial charge on any atom is -0.496 e. The molecule has 5 heteroatoms. The molecular weight excluding hydrogens is 320 g/mol. The van der Waals surface area contributed by atoms with Crippen LogP contribution in [0.3, 0.4) is 0 Å². The smallest absolute Gasteiger partial charge is 0.339 e. The molecule has 3 aromatic carbocycles. The number of carboxylic acids is 1. The molecule has 1 N–H and O–H groups in total. The molecule has 0 aliphatic heterocycles. The van der Waals surface area contributed by atoms with E-state index in [1.54, 1.807) is 24.3 Å². The van der Waals surface area contributed by atoms with Crippen LogP contribution in [0.5, 0.6) is 11.5 Å². The van der Waals surface area contributed by atoms with Crippen molar-refractivity contribution >= 4 is 23.0 Å². The van der Waals surface area contributed by atoms with Crippen molar-refractivity contribution in [2.24, 2.45) is 0 Å². The first kappa shape index (κ1) is 16.5. The van der Waals surface area contributed by atoms with E-state index in [9.17, 15) is 14.7 Å². The van der Waals surface area contributed by atoms with E-state index < -0.39 is 5.97 Å². The van der Waals surface area contributed by atoms with Crippen LogP contribution in [0.15, 0.2) is 54.6 Å². The zero-order valence-electron chi connectivity index (χ0n) is 13.6. The van der Waals surface area contributed by atoms with E-state index >= 15 is 0 Å². The van der Waals surface area contributed by atoms with Gasteiger partial charge in [-0.25, -0.2) is 4.79 Å². The van der Waals surface area contributed by atoms with Gasteiger partial charge in [0.05, 0.1) is 7.11 Å². The van der Waals surface area contributed by atoms with Crippen molar-refractivity contribution in [3.63, 3.8) is 0 Å². The number of ether oxygens (including phenoxy) is 2. The number of carbonyl (C=O) groups excluding carboxylic acids is 1. The Morgan fingerprint density at radius 3 is 2.64 bits per heavy atom. The predicted molar refractivity (Wildman–Crippen MR) is 93.6 cm³/mol. The van der Waals surface area contributed by atoms with Crippen molar-refractivity contribution in [1.29, 1.82) is 0 Å². The Kier molecular flexibility index (Phi) is 4.66. The molecule has 0 spiro atoms. The third kappa shape index (κ3) is 3.30. The Hall–Kier alpha value is -3.34. The van der Waals surface area contributed by atoms with Gasteiger partial charge in [-0.3, -0.25) is 4.79 Å². The van der Waals surface area contributed by atoms with Gasteiger partial charge in [0, 0.05) is 16.5 Å². The van der Waals surface area contributed by atoms with Crippen LogP contribution in [-0.2, 0) is 6.61 Å². The highest BCUT2D eigenvalue weighted by molar-refractivity contribution is 6.00. The van der Waals surface area contributed by atoms with Gasteiger partial charge in [-0.2, -0.15) is 0 Å². The molecule has 0 heterocycles. The third-order valence-corrected chi connectivity index (χ3v) is 3.92. The summed E-state index contributed by atoms with van der Waals surface area (Å²) >= 11 is 0. The summed E-state index contributed by atoms with van der Waals surface area (Å²) in [5, 5.41) is 11.1. The second-order valence-corrected chi connectivity index (χ2v) is 5.45. The Bertz CT molecular complexity index is 946. The number of carboxylic acid groups (broad SMARTS) is 1. The highest BCUT2D eigenvalue weighted by atomic mass is 16.5. The molecule has 0 aromatic heterocycles. The third-order valence-electron chi connectivity index (χ3n) is 3.92. The summed E-state index contributed by atoms with van der Waals surface area (Å²) in [5.74, 6) is -0.193. The minimum absolute atomic E-state index is 0.0825. The van der Waals surface area contributed by atoms with Crippen molar-refractivity contribution in [3.8, 4) is 11.5 Å². The molecule has 3 rings (SSSR count). The number of aromatic carboxylic acids is 1. The summed E-state index contributed by atoms with van der Waals surface area (Å²) < 4.78 is 11.1. The molecule has 0 unspecified atom stereocenters. The Morgan fingerprint density at radius 2 is 1.92 bits per heavy atom. The van der Waals surface area contributed by atoms with Gasteiger partial charge in [-0.05, 0) is 29.7 Å². The van der Waals surface area contributed by atoms with E-state index in [-0.39, 0.29) is 12.2 Å². The Morgan fingerprint density at radius 1 is 1.12 bits per heavy atom. The van der Waals surface area contributed by atoms with Gasteiger partial charge >= 0.3 is 5.97 Å². The summed E-state index contributed by atoms with van der Waals surface area (Å²) in [7, 11) is 1.53. The van der Waals surface area contributed by atoms with Gasteiger partial charge in [0.2, 0.25) is 0 Å². The molecule has 0 fully saturated rings. The monoisotopic (exact) mass is 336 g/mol. The molecule has 0 bridgehead atoms. The van der Waals surface area contributed by atoms with Crippen LogP contribution in [0.25, 0.3) is 10.8 Å². The summed E-state index contributed by atoms with van der Waals surface area (Å²) in [5.41, 5.74) is 1.25. The zero-order chi connectivity index (χ0) is 17.8. The molecule has 0 aliphatic rings. The van der Waals surface area contributed by atoms with E-state index in [0.29, 0.717) is 28.0 Å². The average Bonchev–Trinajstić information content (AvgIpc) is 2.65. The van der Waals surface area contributed by atoms with Crippen LogP contribution in [0.4, 0.5) is 0 Å². The number of hydrogen-bond donors (Lipinski definition) is 1. The Labute approximate surface area is 144 Å². The fourth-order valence-electron chi connectivity index (χ4n) is 2.70. The number of fused-ring (bicyclic) bond motifs is 1. The first-order valence-electron chi connectivity index (χ1n) is 7.64. The van der Waals surface area contributed by atoms with Gasteiger partial charge in [-0.15, -0.1) is 0 Å². The van der Waals surface area contributed by atoms with Crippen molar-refractivity contribution in [2.75, 3.05) is 7.11 Å². The summed E-state index contributed by atoms with van der Waals surface area (Å²) in [6, 6.07) is 15.7.